The molecule has 5 nitrogen and oxygen atoms in total. The van der Waals surface area contributed by atoms with E-state index in [1.54, 1.807) is 18.0 Å². The number of benzene rings is 1. The Bertz CT molecular complexity index is 704. The molecule has 1 amide bonds. The average Bonchev–Trinajstić information content (AvgIpc) is 3.18. The monoisotopic (exact) mass is 315 g/mol. The summed E-state index contributed by atoms with van der Waals surface area (Å²) in [5.74, 6) is 1.67. The van der Waals surface area contributed by atoms with Crippen LogP contribution in [-0.2, 0) is 11.3 Å². The van der Waals surface area contributed by atoms with Crippen LogP contribution in [0.2, 0.25) is 0 Å². The van der Waals surface area contributed by atoms with Crippen LogP contribution in [0.1, 0.15) is 18.6 Å². The molecular formula is C16H17N3O2S. The van der Waals surface area contributed by atoms with Crippen molar-refractivity contribution in [3.63, 3.8) is 0 Å². The van der Waals surface area contributed by atoms with E-state index in [1.807, 2.05) is 36.4 Å². The second-order valence-electron chi connectivity index (χ2n) is 4.87. The lowest BCUT2D eigenvalue weighted by Gasteiger charge is -2.02. The van der Waals surface area contributed by atoms with Crippen molar-refractivity contribution < 1.29 is 9.21 Å². The summed E-state index contributed by atoms with van der Waals surface area (Å²) in [6, 6.07) is 11.6. The molecule has 0 saturated heterocycles. The predicted molar refractivity (Wildman–Crippen MR) is 86.6 cm³/mol. The van der Waals surface area contributed by atoms with Gasteiger partial charge >= 0.3 is 0 Å². The summed E-state index contributed by atoms with van der Waals surface area (Å²) in [7, 11) is 0. The van der Waals surface area contributed by atoms with E-state index in [0.717, 1.165) is 34.1 Å². The predicted octanol–water partition coefficient (Wildman–Crippen LogP) is 3.34. The van der Waals surface area contributed by atoms with Crippen molar-refractivity contribution in [3.05, 3.63) is 48.4 Å². The van der Waals surface area contributed by atoms with Crippen LogP contribution in [0.15, 0.2) is 52.2 Å². The van der Waals surface area contributed by atoms with E-state index in [9.17, 15) is 4.79 Å². The van der Waals surface area contributed by atoms with Gasteiger partial charge in [-0.15, -0.1) is 0 Å². The zero-order valence-corrected chi connectivity index (χ0v) is 12.9. The van der Waals surface area contributed by atoms with Crippen LogP contribution in [-0.4, -0.2) is 21.6 Å². The minimum atomic E-state index is 0.0432. The number of H-pyrrole nitrogens is 1. The Hall–Kier alpha value is -2.21. The number of imidazole rings is 1. The number of carbonyl (C=O) groups excluding carboxylic acids is 1. The number of hydrogen-bond acceptors (Lipinski definition) is 4. The molecule has 0 spiro atoms. The lowest BCUT2D eigenvalue weighted by atomic mass is 10.3. The molecule has 2 heterocycles. The van der Waals surface area contributed by atoms with Crippen molar-refractivity contribution in [3.8, 4) is 0 Å². The summed E-state index contributed by atoms with van der Waals surface area (Å²) >= 11 is 1.64. The maximum atomic E-state index is 11.7. The maximum absolute atomic E-state index is 11.7. The Kier molecular flexibility index (Phi) is 4.80. The molecule has 0 fully saturated rings. The summed E-state index contributed by atoms with van der Waals surface area (Å²) in [6.45, 7) is 0.447. The molecule has 0 aliphatic heterocycles. The van der Waals surface area contributed by atoms with E-state index in [4.69, 9.17) is 4.42 Å². The van der Waals surface area contributed by atoms with Crippen LogP contribution in [0.25, 0.3) is 11.0 Å². The first-order chi connectivity index (χ1) is 10.8. The number of aromatic nitrogens is 2. The van der Waals surface area contributed by atoms with Gasteiger partial charge in [0.1, 0.15) is 5.76 Å². The molecule has 0 unspecified atom stereocenters. The number of nitrogens with zero attached hydrogens (tertiary/aromatic N) is 1. The number of aromatic amines is 1. The van der Waals surface area contributed by atoms with E-state index >= 15 is 0 Å². The second kappa shape index (κ2) is 7.17. The van der Waals surface area contributed by atoms with Gasteiger partial charge in [0, 0.05) is 12.2 Å². The van der Waals surface area contributed by atoms with Crippen molar-refractivity contribution in [2.75, 3.05) is 5.75 Å². The van der Waals surface area contributed by atoms with E-state index in [1.165, 1.54) is 0 Å². The average molecular weight is 315 g/mol. The number of thioether (sulfide) groups is 1. The SMILES string of the molecule is O=C(CCCSc1nc2ccccc2[nH]1)NCc1ccco1. The minimum absolute atomic E-state index is 0.0432. The van der Waals surface area contributed by atoms with Gasteiger partial charge in [0.05, 0.1) is 23.8 Å². The number of para-hydroxylation sites is 2. The van der Waals surface area contributed by atoms with Gasteiger partial charge in [-0.05, 0) is 30.7 Å². The third kappa shape index (κ3) is 3.92. The molecule has 0 atom stereocenters. The summed E-state index contributed by atoms with van der Waals surface area (Å²) in [6.07, 6.45) is 2.92. The van der Waals surface area contributed by atoms with Gasteiger partial charge in [-0.1, -0.05) is 23.9 Å². The highest BCUT2D eigenvalue weighted by molar-refractivity contribution is 7.99. The number of hydrogen-bond donors (Lipinski definition) is 2. The van der Waals surface area contributed by atoms with Gasteiger partial charge in [-0.25, -0.2) is 4.98 Å². The topological polar surface area (TPSA) is 70.9 Å². The molecule has 0 aliphatic carbocycles. The summed E-state index contributed by atoms with van der Waals surface area (Å²) in [4.78, 5) is 19.5. The molecule has 0 saturated carbocycles. The van der Waals surface area contributed by atoms with Gasteiger partial charge in [0.25, 0.3) is 0 Å². The third-order valence-corrected chi connectivity index (χ3v) is 4.15. The summed E-state index contributed by atoms with van der Waals surface area (Å²) in [5, 5.41) is 3.74. The molecule has 2 aromatic heterocycles. The van der Waals surface area contributed by atoms with Crippen molar-refractivity contribution >= 4 is 28.7 Å². The standard InChI is InChI=1S/C16H17N3O2S/c20-15(17-11-12-5-3-9-21-12)8-4-10-22-16-18-13-6-1-2-7-14(13)19-16/h1-3,5-7,9H,4,8,10-11H2,(H,17,20)(H,18,19). The first-order valence-corrected chi connectivity index (χ1v) is 8.16. The van der Waals surface area contributed by atoms with Gasteiger partial charge < -0.3 is 14.7 Å². The number of nitrogens with one attached hydrogen (secondary N) is 2. The van der Waals surface area contributed by atoms with Crippen molar-refractivity contribution in [2.24, 2.45) is 0 Å². The first kappa shape index (κ1) is 14.7. The van der Waals surface area contributed by atoms with Crippen LogP contribution in [0.5, 0.6) is 0 Å². The van der Waals surface area contributed by atoms with Crippen LogP contribution < -0.4 is 5.32 Å². The number of rotatable bonds is 7. The molecule has 3 aromatic rings. The highest BCUT2D eigenvalue weighted by atomic mass is 32.2. The van der Waals surface area contributed by atoms with E-state index in [0.29, 0.717) is 13.0 Å². The fourth-order valence-corrected chi connectivity index (χ4v) is 2.91. The number of fused-ring (bicyclic) bond motifs is 1. The summed E-state index contributed by atoms with van der Waals surface area (Å²) in [5.41, 5.74) is 2.02. The summed E-state index contributed by atoms with van der Waals surface area (Å²) < 4.78 is 5.16. The lowest BCUT2D eigenvalue weighted by molar-refractivity contribution is -0.121. The maximum Gasteiger partial charge on any atom is 0.220 e. The Balaban J connectivity index is 1.37. The highest BCUT2D eigenvalue weighted by Crippen LogP contribution is 2.20. The van der Waals surface area contributed by atoms with Crippen molar-refractivity contribution in [1.29, 1.82) is 0 Å². The van der Waals surface area contributed by atoms with Gasteiger partial charge in [-0.3, -0.25) is 4.79 Å². The number of carbonyl (C=O) groups is 1. The highest BCUT2D eigenvalue weighted by Gasteiger charge is 2.05. The molecule has 6 heteroatoms. The number of amides is 1. The quantitative estimate of drug-likeness (QED) is 0.518. The van der Waals surface area contributed by atoms with Crippen molar-refractivity contribution in [1.82, 2.24) is 15.3 Å². The molecule has 3 rings (SSSR count). The lowest BCUT2D eigenvalue weighted by Crippen LogP contribution is -2.22. The fraction of sp³-hybridized carbons (Fsp3) is 0.250. The normalized spacial score (nSPS) is 10.9. The minimum Gasteiger partial charge on any atom is -0.467 e. The van der Waals surface area contributed by atoms with Gasteiger partial charge in [0.15, 0.2) is 5.16 Å². The molecule has 1 aromatic carbocycles. The smallest absolute Gasteiger partial charge is 0.220 e. The second-order valence-corrected chi connectivity index (χ2v) is 5.95. The Morgan fingerprint density at radius 1 is 1.27 bits per heavy atom. The molecule has 114 valence electrons. The van der Waals surface area contributed by atoms with E-state index < -0.39 is 0 Å². The molecule has 22 heavy (non-hydrogen) atoms. The van der Waals surface area contributed by atoms with Gasteiger partial charge in [-0.2, -0.15) is 0 Å². The van der Waals surface area contributed by atoms with Crippen LogP contribution in [0.4, 0.5) is 0 Å². The zero-order chi connectivity index (χ0) is 15.2. The molecule has 0 aliphatic rings. The Morgan fingerprint density at radius 3 is 3.00 bits per heavy atom. The van der Waals surface area contributed by atoms with E-state index in [2.05, 4.69) is 15.3 Å². The van der Waals surface area contributed by atoms with Gasteiger partial charge in [0.2, 0.25) is 5.91 Å². The van der Waals surface area contributed by atoms with Crippen molar-refractivity contribution in [2.45, 2.75) is 24.5 Å². The van der Waals surface area contributed by atoms with Crippen LogP contribution in [0, 0.1) is 0 Å². The fourth-order valence-electron chi connectivity index (χ4n) is 2.09. The molecule has 0 bridgehead atoms. The molecule has 0 radical (unpaired) electrons. The van der Waals surface area contributed by atoms with Crippen LogP contribution >= 0.6 is 11.8 Å². The molecule has 2 N–H and O–H groups in total. The first-order valence-electron chi connectivity index (χ1n) is 7.18. The number of furan rings is 1. The Labute approximate surface area is 132 Å². The van der Waals surface area contributed by atoms with Crippen LogP contribution in [0.3, 0.4) is 0 Å². The third-order valence-electron chi connectivity index (χ3n) is 3.19. The zero-order valence-electron chi connectivity index (χ0n) is 12.0. The molecular weight excluding hydrogens is 298 g/mol. The largest absolute Gasteiger partial charge is 0.467 e. The Morgan fingerprint density at radius 2 is 2.18 bits per heavy atom. The van der Waals surface area contributed by atoms with E-state index in [-0.39, 0.29) is 5.91 Å².